The van der Waals surface area contributed by atoms with Gasteiger partial charge in [-0.15, -0.1) is 0 Å². The van der Waals surface area contributed by atoms with Gasteiger partial charge >= 0.3 is 5.63 Å². The van der Waals surface area contributed by atoms with Crippen molar-refractivity contribution >= 4 is 33.2 Å². The molecule has 1 aromatic carbocycles. The van der Waals surface area contributed by atoms with E-state index in [1.165, 1.54) is 48.5 Å². The third-order valence-corrected chi connectivity index (χ3v) is 7.19. The highest BCUT2D eigenvalue weighted by Gasteiger charge is 2.32. The molecule has 0 aliphatic carbocycles. The summed E-state index contributed by atoms with van der Waals surface area (Å²) in [4.78, 5) is 24.5. The zero-order chi connectivity index (χ0) is 22.8. The summed E-state index contributed by atoms with van der Waals surface area (Å²) in [7, 11) is -3.66. The van der Waals surface area contributed by atoms with Crippen molar-refractivity contribution in [1.29, 1.82) is 0 Å². The summed E-state index contributed by atoms with van der Waals surface area (Å²) >= 11 is 5.82. The summed E-state index contributed by atoms with van der Waals surface area (Å²) in [6, 6.07) is 7.22. The number of piperidine rings is 1. The molecule has 9 nitrogen and oxygen atoms in total. The Kier molecular flexibility index (Phi) is 6.83. The monoisotopic (exact) mass is 467 g/mol. The molecule has 1 amide bonds. The average Bonchev–Trinajstić information content (AvgIpc) is 2.71. The Morgan fingerprint density at radius 1 is 1.26 bits per heavy atom. The lowest BCUT2D eigenvalue weighted by atomic mass is 9.98. The highest BCUT2D eigenvalue weighted by Crippen LogP contribution is 2.25. The highest BCUT2D eigenvalue weighted by molar-refractivity contribution is 7.89. The maximum absolute atomic E-state index is 12.7. The van der Waals surface area contributed by atoms with Gasteiger partial charge in [0.1, 0.15) is 17.1 Å². The van der Waals surface area contributed by atoms with Gasteiger partial charge < -0.3 is 9.52 Å². The Bertz CT molecular complexity index is 1170. The molecule has 1 aromatic heterocycles. The lowest BCUT2D eigenvalue weighted by molar-refractivity contribution is -0.126. The Balaban J connectivity index is 1.62. The van der Waals surface area contributed by atoms with E-state index in [9.17, 15) is 23.1 Å². The fourth-order valence-corrected chi connectivity index (χ4v) is 4.92. The number of halogens is 1. The van der Waals surface area contributed by atoms with Crippen LogP contribution in [0.25, 0.3) is 0 Å². The predicted molar refractivity (Wildman–Crippen MR) is 115 cm³/mol. The summed E-state index contributed by atoms with van der Waals surface area (Å²) in [6.07, 6.45) is 0.649. The molecule has 0 bridgehead atoms. The number of aryl methyl sites for hydroxylation is 1. The number of amides is 1. The second-order valence-corrected chi connectivity index (χ2v) is 9.58. The molecule has 1 saturated heterocycles. The van der Waals surface area contributed by atoms with E-state index in [2.05, 4.69) is 10.5 Å². The topological polar surface area (TPSA) is 129 Å². The summed E-state index contributed by atoms with van der Waals surface area (Å²) in [5.41, 5.74) is 1.60. The first-order valence-corrected chi connectivity index (χ1v) is 11.4. The first kappa shape index (κ1) is 23.0. The van der Waals surface area contributed by atoms with E-state index in [0.29, 0.717) is 17.9 Å². The van der Waals surface area contributed by atoms with Crippen molar-refractivity contribution in [1.82, 2.24) is 9.73 Å². The summed E-state index contributed by atoms with van der Waals surface area (Å²) in [6.45, 7) is 3.36. The number of carbonyl (C=O) groups is 1. The van der Waals surface area contributed by atoms with Gasteiger partial charge in [-0.05, 0) is 51.0 Å². The number of hydrogen-bond acceptors (Lipinski definition) is 7. The minimum atomic E-state index is -3.66. The molecule has 166 valence electrons. The van der Waals surface area contributed by atoms with Crippen LogP contribution in [0, 0.1) is 12.8 Å². The van der Waals surface area contributed by atoms with Crippen molar-refractivity contribution in [3.63, 3.8) is 0 Å². The molecular formula is C20H22ClN3O6S. The van der Waals surface area contributed by atoms with Crippen molar-refractivity contribution in [3.8, 4) is 5.75 Å². The molecule has 0 atom stereocenters. The van der Waals surface area contributed by atoms with Crippen LogP contribution in [-0.4, -0.2) is 42.5 Å². The van der Waals surface area contributed by atoms with Gasteiger partial charge in [0.05, 0.1) is 10.6 Å². The van der Waals surface area contributed by atoms with Crippen LogP contribution in [0.5, 0.6) is 5.75 Å². The van der Waals surface area contributed by atoms with Crippen LogP contribution < -0.4 is 11.1 Å². The van der Waals surface area contributed by atoms with Gasteiger partial charge in [0.2, 0.25) is 15.9 Å². The number of benzene rings is 1. The number of sulfonamides is 1. The first-order valence-electron chi connectivity index (χ1n) is 9.53. The van der Waals surface area contributed by atoms with Crippen LogP contribution in [0.1, 0.15) is 31.1 Å². The second-order valence-electron chi connectivity index (χ2n) is 7.21. The van der Waals surface area contributed by atoms with E-state index < -0.39 is 21.6 Å². The Morgan fingerprint density at radius 2 is 1.87 bits per heavy atom. The third kappa shape index (κ3) is 5.15. The number of hydrogen-bond donors (Lipinski definition) is 2. The molecular weight excluding hydrogens is 446 g/mol. The van der Waals surface area contributed by atoms with Gasteiger partial charge in [-0.2, -0.15) is 9.41 Å². The number of carbonyl (C=O) groups excluding carboxylic acids is 1. The molecule has 1 aliphatic rings. The van der Waals surface area contributed by atoms with Crippen molar-refractivity contribution in [3.05, 3.63) is 57.1 Å². The van der Waals surface area contributed by atoms with E-state index in [1.54, 1.807) is 0 Å². The van der Waals surface area contributed by atoms with Crippen LogP contribution in [0.4, 0.5) is 0 Å². The molecule has 0 saturated carbocycles. The number of aromatic hydroxyl groups is 1. The Hall–Kier alpha value is -2.69. The Morgan fingerprint density at radius 3 is 2.45 bits per heavy atom. The molecule has 0 spiro atoms. The number of hydrazone groups is 1. The fraction of sp³-hybridized carbons (Fsp3) is 0.350. The molecule has 3 rings (SSSR count). The van der Waals surface area contributed by atoms with Crippen LogP contribution in [0.2, 0.25) is 5.02 Å². The standard InChI is InChI=1S/C20H22ClN3O6S/c1-12-11-17(25)18(20(27)30-12)13(2)22-23-19(26)14-7-9-24(10-8-14)31(28,29)16-5-3-15(21)4-6-16/h3-6,11,14,25H,7-10H2,1-2H3,(H,23,26)/b22-13+. The van der Waals surface area contributed by atoms with Gasteiger partial charge in [-0.3, -0.25) is 4.79 Å². The molecule has 2 N–H and O–H groups in total. The average molecular weight is 468 g/mol. The van der Waals surface area contributed by atoms with E-state index >= 15 is 0 Å². The third-order valence-electron chi connectivity index (χ3n) is 5.03. The largest absolute Gasteiger partial charge is 0.507 e. The molecule has 1 aliphatic heterocycles. The van der Waals surface area contributed by atoms with Crippen LogP contribution in [0.3, 0.4) is 0 Å². The molecule has 2 aromatic rings. The maximum atomic E-state index is 12.7. The zero-order valence-corrected chi connectivity index (χ0v) is 18.5. The minimum Gasteiger partial charge on any atom is -0.507 e. The molecule has 1 fully saturated rings. The number of nitrogens with zero attached hydrogens (tertiary/aromatic N) is 2. The van der Waals surface area contributed by atoms with Crippen LogP contribution >= 0.6 is 11.6 Å². The van der Waals surface area contributed by atoms with Crippen molar-refractivity contribution in [2.75, 3.05) is 13.1 Å². The molecule has 2 heterocycles. The number of nitrogens with one attached hydrogen (secondary N) is 1. The Labute approximate surface area is 184 Å². The number of rotatable bonds is 5. The fourth-order valence-electron chi connectivity index (χ4n) is 3.33. The molecule has 11 heteroatoms. The van der Waals surface area contributed by atoms with E-state index in [1.807, 2.05) is 0 Å². The lowest BCUT2D eigenvalue weighted by Crippen LogP contribution is -2.42. The highest BCUT2D eigenvalue weighted by atomic mass is 35.5. The van der Waals surface area contributed by atoms with Crippen molar-refractivity contribution in [2.24, 2.45) is 11.0 Å². The molecule has 0 unspecified atom stereocenters. The second kappa shape index (κ2) is 9.21. The SMILES string of the molecule is C/C(=N\NC(=O)C1CCN(S(=O)(=O)c2ccc(Cl)cc2)CC1)c1c(O)cc(C)oc1=O. The maximum Gasteiger partial charge on any atom is 0.348 e. The lowest BCUT2D eigenvalue weighted by Gasteiger charge is -2.30. The smallest absolute Gasteiger partial charge is 0.348 e. The quantitative estimate of drug-likeness (QED) is 0.512. The van der Waals surface area contributed by atoms with Crippen LogP contribution in [0.15, 0.2) is 49.5 Å². The van der Waals surface area contributed by atoms with E-state index in [0.717, 1.165) is 0 Å². The van der Waals surface area contributed by atoms with E-state index in [4.69, 9.17) is 16.0 Å². The van der Waals surface area contributed by atoms with Crippen molar-refractivity contribution in [2.45, 2.75) is 31.6 Å². The van der Waals surface area contributed by atoms with Gasteiger partial charge in [0.25, 0.3) is 0 Å². The van der Waals surface area contributed by atoms with Gasteiger partial charge in [0, 0.05) is 30.1 Å². The van der Waals surface area contributed by atoms with E-state index in [-0.39, 0.29) is 46.7 Å². The zero-order valence-electron chi connectivity index (χ0n) is 17.0. The molecule has 31 heavy (non-hydrogen) atoms. The van der Waals surface area contributed by atoms with Crippen LogP contribution in [-0.2, 0) is 14.8 Å². The van der Waals surface area contributed by atoms with Crippen molar-refractivity contribution < 1.29 is 22.7 Å². The summed E-state index contributed by atoms with van der Waals surface area (Å²) in [5.74, 6) is -0.858. The van der Waals surface area contributed by atoms with Gasteiger partial charge in [0.15, 0.2) is 0 Å². The summed E-state index contributed by atoms with van der Waals surface area (Å²) in [5, 5.41) is 14.3. The first-order chi connectivity index (χ1) is 14.6. The normalized spacial score (nSPS) is 16.3. The minimum absolute atomic E-state index is 0.0994. The molecule has 0 radical (unpaired) electrons. The van der Waals surface area contributed by atoms with Gasteiger partial charge in [-0.25, -0.2) is 18.6 Å². The summed E-state index contributed by atoms with van der Waals surface area (Å²) < 4.78 is 31.7. The predicted octanol–water partition coefficient (Wildman–Crippen LogP) is 2.25. The van der Waals surface area contributed by atoms with Gasteiger partial charge in [-0.1, -0.05) is 11.6 Å².